The molecule has 1 heterocycles. The van der Waals surface area contributed by atoms with E-state index in [0.717, 1.165) is 29.5 Å². The van der Waals surface area contributed by atoms with Gasteiger partial charge in [-0.2, -0.15) is 0 Å². The number of unbranched alkanes of at least 4 members (excludes halogenated alkanes) is 1. The van der Waals surface area contributed by atoms with Crippen LogP contribution in [0.3, 0.4) is 0 Å². The number of rotatable bonds is 8. The summed E-state index contributed by atoms with van der Waals surface area (Å²) in [6.07, 6.45) is 2.10. The molecule has 0 saturated carbocycles. The first-order valence-corrected chi connectivity index (χ1v) is 12.3. The van der Waals surface area contributed by atoms with Gasteiger partial charge in [-0.15, -0.1) is 0 Å². The van der Waals surface area contributed by atoms with Crippen molar-refractivity contribution in [3.05, 3.63) is 64.7 Å². The Bertz CT molecular complexity index is 1150. The minimum Gasteiger partial charge on any atom is -0.337 e. The minimum atomic E-state index is -3.97. The molecule has 5 amide bonds. The Labute approximate surface area is 193 Å². The first kappa shape index (κ1) is 24.2. The van der Waals surface area contributed by atoms with Gasteiger partial charge in [0.05, 0.1) is 11.4 Å². The van der Waals surface area contributed by atoms with Crippen molar-refractivity contribution in [2.45, 2.75) is 44.6 Å². The zero-order chi connectivity index (χ0) is 24.0. The maximum Gasteiger partial charge on any atom is 0.328 e. The highest BCUT2D eigenvalue weighted by Gasteiger charge is 2.31. The highest BCUT2D eigenvalue weighted by molar-refractivity contribution is 7.90. The van der Waals surface area contributed by atoms with Crippen molar-refractivity contribution in [1.82, 2.24) is 20.3 Å². The van der Waals surface area contributed by atoms with Crippen molar-refractivity contribution in [2.24, 2.45) is 0 Å². The number of benzene rings is 2. The second kappa shape index (κ2) is 10.5. The molecule has 0 radical (unpaired) electrons. The van der Waals surface area contributed by atoms with E-state index >= 15 is 0 Å². The van der Waals surface area contributed by atoms with Crippen molar-refractivity contribution in [1.29, 1.82) is 0 Å². The number of sulfonamides is 1. The summed E-state index contributed by atoms with van der Waals surface area (Å²) < 4.78 is 26.6. The van der Waals surface area contributed by atoms with Crippen LogP contribution in [0.1, 0.15) is 46.8 Å². The predicted molar refractivity (Wildman–Crippen MR) is 123 cm³/mol. The third kappa shape index (κ3) is 6.10. The molecular weight excluding hydrogens is 444 g/mol. The second-order valence-corrected chi connectivity index (χ2v) is 9.58. The average molecular weight is 473 g/mol. The zero-order valence-corrected chi connectivity index (χ0v) is 19.5. The minimum absolute atomic E-state index is 0.0309. The molecule has 0 bridgehead atoms. The van der Waals surface area contributed by atoms with Crippen molar-refractivity contribution >= 4 is 28.0 Å². The van der Waals surface area contributed by atoms with Crippen molar-refractivity contribution in [2.75, 3.05) is 13.1 Å². The van der Waals surface area contributed by atoms with Crippen LogP contribution in [0.25, 0.3) is 0 Å². The second-order valence-electron chi connectivity index (χ2n) is 7.89. The van der Waals surface area contributed by atoms with Gasteiger partial charge in [0.25, 0.3) is 15.9 Å². The fourth-order valence-corrected chi connectivity index (χ4v) is 4.35. The third-order valence-electron chi connectivity index (χ3n) is 5.28. The summed E-state index contributed by atoms with van der Waals surface area (Å²) in [5, 5.41) is 5.23. The molecule has 9 nitrogen and oxygen atoms in total. The molecule has 2 aromatic rings. The fourth-order valence-electron chi connectivity index (χ4n) is 3.42. The van der Waals surface area contributed by atoms with E-state index < -0.39 is 22.1 Å². The molecule has 3 N–H and O–H groups in total. The third-order valence-corrected chi connectivity index (χ3v) is 6.63. The van der Waals surface area contributed by atoms with Crippen LogP contribution in [-0.4, -0.2) is 44.4 Å². The van der Waals surface area contributed by atoms with E-state index in [9.17, 15) is 22.8 Å². The summed E-state index contributed by atoms with van der Waals surface area (Å²) in [5.74, 6) is -0.313. The van der Waals surface area contributed by atoms with E-state index in [4.69, 9.17) is 0 Å². The highest BCUT2D eigenvalue weighted by atomic mass is 32.2. The molecule has 2 aromatic carbocycles. The monoisotopic (exact) mass is 472 g/mol. The van der Waals surface area contributed by atoms with Gasteiger partial charge in [-0.25, -0.2) is 22.7 Å². The SMILES string of the molecule is CCCCNC(=O)NS(=O)(=O)c1ccc(CCNC(=O)N2Cc3ccc(C)cc3C2=O)cc1. The zero-order valence-electron chi connectivity index (χ0n) is 18.7. The number of aryl methyl sites for hydroxylation is 1. The standard InChI is InChI=1S/C23H28N4O5S/c1-3-4-12-24-22(29)26-33(31,32)19-9-6-17(7-10-19)11-13-25-23(30)27-15-18-8-5-16(2)14-20(18)21(27)28/h5-10,14H,3-4,11-13,15H2,1-2H3,(H,25,30)(H2,24,26,29). The number of carbonyl (C=O) groups is 3. The Balaban J connectivity index is 1.49. The fraction of sp³-hybridized carbons (Fsp3) is 0.348. The predicted octanol–water partition coefficient (Wildman–Crippen LogP) is 2.69. The normalized spacial score (nSPS) is 12.9. The quantitative estimate of drug-likeness (QED) is 0.510. The largest absolute Gasteiger partial charge is 0.337 e. The lowest BCUT2D eigenvalue weighted by molar-refractivity contribution is 0.0821. The summed E-state index contributed by atoms with van der Waals surface area (Å²) in [4.78, 5) is 37.8. The number of nitrogens with zero attached hydrogens (tertiary/aromatic N) is 1. The number of hydrogen-bond acceptors (Lipinski definition) is 5. The Morgan fingerprint density at radius 3 is 2.45 bits per heavy atom. The highest BCUT2D eigenvalue weighted by Crippen LogP contribution is 2.23. The topological polar surface area (TPSA) is 125 Å². The maximum absolute atomic E-state index is 12.5. The van der Waals surface area contributed by atoms with Crippen LogP contribution < -0.4 is 15.4 Å². The van der Waals surface area contributed by atoms with Gasteiger partial charge in [0.1, 0.15) is 0 Å². The smallest absolute Gasteiger partial charge is 0.328 e. The van der Waals surface area contributed by atoms with E-state index in [1.807, 2.05) is 30.7 Å². The van der Waals surface area contributed by atoms with Crippen LogP contribution in [0.5, 0.6) is 0 Å². The molecule has 0 unspecified atom stereocenters. The number of carbonyl (C=O) groups excluding carboxylic acids is 3. The van der Waals surface area contributed by atoms with Gasteiger partial charge in [-0.05, 0) is 49.1 Å². The van der Waals surface area contributed by atoms with Crippen LogP contribution in [0.4, 0.5) is 9.59 Å². The van der Waals surface area contributed by atoms with Gasteiger partial charge in [-0.1, -0.05) is 43.2 Å². The lowest BCUT2D eigenvalue weighted by Gasteiger charge is -2.15. The number of imide groups is 1. The number of urea groups is 2. The molecule has 0 fully saturated rings. The molecule has 3 rings (SSSR count). The number of amides is 5. The number of nitrogens with one attached hydrogen (secondary N) is 3. The summed E-state index contributed by atoms with van der Waals surface area (Å²) in [5.41, 5.74) is 3.13. The molecule has 0 spiro atoms. The van der Waals surface area contributed by atoms with E-state index in [2.05, 4.69) is 10.6 Å². The van der Waals surface area contributed by atoms with E-state index in [-0.39, 0.29) is 23.9 Å². The Morgan fingerprint density at radius 1 is 1.03 bits per heavy atom. The van der Waals surface area contributed by atoms with E-state index in [0.29, 0.717) is 18.5 Å². The molecule has 0 atom stereocenters. The Kier molecular flexibility index (Phi) is 7.70. The Hall–Kier alpha value is -3.40. The molecule has 1 aliphatic heterocycles. The summed E-state index contributed by atoms with van der Waals surface area (Å²) in [7, 11) is -3.97. The summed E-state index contributed by atoms with van der Waals surface area (Å²) in [6, 6.07) is 10.4. The number of hydrogen-bond donors (Lipinski definition) is 3. The average Bonchev–Trinajstić information content (AvgIpc) is 3.10. The first-order chi connectivity index (χ1) is 15.7. The van der Waals surface area contributed by atoms with Crippen LogP contribution in [0, 0.1) is 6.92 Å². The van der Waals surface area contributed by atoms with Gasteiger partial charge in [0.15, 0.2) is 0 Å². The molecule has 0 aromatic heterocycles. The molecular formula is C23H28N4O5S. The number of fused-ring (bicyclic) bond motifs is 1. The molecule has 0 saturated heterocycles. The maximum atomic E-state index is 12.5. The summed E-state index contributed by atoms with van der Waals surface area (Å²) >= 11 is 0. The van der Waals surface area contributed by atoms with Crippen LogP contribution in [0.2, 0.25) is 0 Å². The summed E-state index contributed by atoms with van der Waals surface area (Å²) in [6.45, 7) is 4.78. The van der Waals surface area contributed by atoms with Crippen molar-refractivity contribution < 1.29 is 22.8 Å². The lowest BCUT2D eigenvalue weighted by Crippen LogP contribution is -2.40. The van der Waals surface area contributed by atoms with Crippen LogP contribution in [0.15, 0.2) is 47.4 Å². The molecule has 33 heavy (non-hydrogen) atoms. The van der Waals surface area contributed by atoms with Gasteiger partial charge in [-0.3, -0.25) is 9.69 Å². The lowest BCUT2D eigenvalue weighted by atomic mass is 10.1. The molecule has 176 valence electrons. The van der Waals surface area contributed by atoms with E-state index in [1.54, 1.807) is 18.2 Å². The molecule has 0 aliphatic carbocycles. The van der Waals surface area contributed by atoms with Crippen LogP contribution >= 0.6 is 0 Å². The van der Waals surface area contributed by atoms with Crippen molar-refractivity contribution in [3.8, 4) is 0 Å². The Morgan fingerprint density at radius 2 is 1.76 bits per heavy atom. The van der Waals surface area contributed by atoms with Gasteiger partial charge < -0.3 is 10.6 Å². The van der Waals surface area contributed by atoms with Crippen LogP contribution in [-0.2, 0) is 23.0 Å². The van der Waals surface area contributed by atoms with E-state index in [1.165, 1.54) is 17.0 Å². The van der Waals surface area contributed by atoms with Crippen molar-refractivity contribution in [3.63, 3.8) is 0 Å². The van der Waals surface area contributed by atoms with Gasteiger partial charge in [0.2, 0.25) is 0 Å². The molecule has 10 heteroatoms. The molecule has 1 aliphatic rings. The van der Waals surface area contributed by atoms with Gasteiger partial charge in [0, 0.05) is 18.7 Å². The first-order valence-electron chi connectivity index (χ1n) is 10.8. The van der Waals surface area contributed by atoms with Gasteiger partial charge >= 0.3 is 12.1 Å².